The average molecular weight is 385 g/mol. The summed E-state index contributed by atoms with van der Waals surface area (Å²) in [5, 5.41) is 0. The van der Waals surface area contributed by atoms with Gasteiger partial charge >= 0.3 is 0 Å². The number of unbranched alkanes of at least 4 members (excludes halogenated alkanes) is 12. The van der Waals surface area contributed by atoms with Gasteiger partial charge in [-0.15, -0.1) is 0 Å². The van der Waals surface area contributed by atoms with Crippen LogP contribution in [0.3, 0.4) is 0 Å². The molecule has 0 aliphatic heterocycles. The molecular formula is C24H52OSi. The quantitative estimate of drug-likeness (QED) is 0.150. The van der Waals surface area contributed by atoms with Crippen molar-refractivity contribution in [2.45, 2.75) is 155 Å². The Balaban J connectivity index is 4.58. The molecule has 0 aromatic rings. The first-order valence-corrected chi connectivity index (χ1v) is 14.8. The van der Waals surface area contributed by atoms with Crippen LogP contribution < -0.4 is 0 Å². The van der Waals surface area contributed by atoms with Crippen LogP contribution in [0.1, 0.15) is 131 Å². The minimum Gasteiger partial charge on any atom is -0.414 e. The van der Waals surface area contributed by atoms with E-state index in [0.29, 0.717) is 6.10 Å². The lowest BCUT2D eigenvalue weighted by Gasteiger charge is -2.34. The van der Waals surface area contributed by atoms with Crippen LogP contribution >= 0.6 is 0 Å². The van der Waals surface area contributed by atoms with Crippen LogP contribution in [0.15, 0.2) is 0 Å². The first kappa shape index (κ1) is 26.2. The van der Waals surface area contributed by atoms with Gasteiger partial charge in [-0.05, 0) is 32.0 Å². The molecule has 26 heavy (non-hydrogen) atoms. The van der Waals surface area contributed by atoms with Gasteiger partial charge in [0.2, 0.25) is 0 Å². The van der Waals surface area contributed by atoms with Crippen molar-refractivity contribution in [2.24, 2.45) is 0 Å². The van der Waals surface area contributed by atoms with Crippen LogP contribution in [0.2, 0.25) is 18.1 Å². The summed E-state index contributed by atoms with van der Waals surface area (Å²) in [7, 11) is -1.54. The molecule has 0 heterocycles. The van der Waals surface area contributed by atoms with Crippen molar-refractivity contribution in [1.29, 1.82) is 0 Å². The molecule has 0 bridgehead atoms. The van der Waals surface area contributed by atoms with E-state index in [9.17, 15) is 0 Å². The van der Waals surface area contributed by atoms with E-state index in [4.69, 9.17) is 4.43 Å². The van der Waals surface area contributed by atoms with E-state index in [-0.39, 0.29) is 0 Å². The number of rotatable bonds is 20. The Kier molecular flexibility index (Phi) is 18.7. The molecule has 0 aliphatic rings. The van der Waals surface area contributed by atoms with Crippen LogP contribution in [0.5, 0.6) is 0 Å². The zero-order valence-electron chi connectivity index (χ0n) is 19.2. The van der Waals surface area contributed by atoms with E-state index in [0.717, 1.165) is 0 Å². The Bertz CT molecular complexity index is 241. The number of hydrogen-bond acceptors (Lipinski definition) is 1. The highest BCUT2D eigenvalue weighted by Crippen LogP contribution is 2.32. The van der Waals surface area contributed by atoms with Crippen molar-refractivity contribution in [2.75, 3.05) is 0 Å². The topological polar surface area (TPSA) is 9.23 Å². The second-order valence-electron chi connectivity index (χ2n) is 8.84. The first-order chi connectivity index (χ1) is 12.6. The SMILES string of the molecule is CCCCCCC[Si](CCCCCCC)(CCCCCCC)OC(C)C. The lowest BCUT2D eigenvalue weighted by molar-refractivity contribution is 0.221. The van der Waals surface area contributed by atoms with Gasteiger partial charge in [-0.1, -0.05) is 117 Å². The largest absolute Gasteiger partial charge is 0.414 e. The molecule has 0 saturated carbocycles. The molecule has 158 valence electrons. The highest BCUT2D eigenvalue weighted by atomic mass is 28.4. The zero-order chi connectivity index (χ0) is 19.5. The smallest absolute Gasteiger partial charge is 0.193 e. The molecule has 0 spiro atoms. The van der Waals surface area contributed by atoms with Crippen molar-refractivity contribution in [3.05, 3.63) is 0 Å². The van der Waals surface area contributed by atoms with E-state index in [1.54, 1.807) is 0 Å². The summed E-state index contributed by atoms with van der Waals surface area (Å²) in [5.74, 6) is 0. The predicted octanol–water partition coefficient (Wildman–Crippen LogP) is 9.27. The molecule has 0 aromatic carbocycles. The van der Waals surface area contributed by atoms with Gasteiger partial charge in [0.25, 0.3) is 0 Å². The molecule has 0 amide bonds. The highest BCUT2D eigenvalue weighted by molar-refractivity contribution is 6.73. The third-order valence-electron chi connectivity index (χ3n) is 5.69. The maximum Gasteiger partial charge on any atom is 0.193 e. The Morgan fingerprint density at radius 2 is 0.808 bits per heavy atom. The lowest BCUT2D eigenvalue weighted by atomic mass is 10.2. The third kappa shape index (κ3) is 15.3. The van der Waals surface area contributed by atoms with E-state index >= 15 is 0 Å². The Morgan fingerprint density at radius 3 is 1.08 bits per heavy atom. The van der Waals surface area contributed by atoms with E-state index in [2.05, 4.69) is 34.6 Å². The van der Waals surface area contributed by atoms with Crippen molar-refractivity contribution < 1.29 is 4.43 Å². The lowest BCUT2D eigenvalue weighted by Crippen LogP contribution is -2.40. The first-order valence-electron chi connectivity index (χ1n) is 12.3. The van der Waals surface area contributed by atoms with Gasteiger partial charge in [0, 0.05) is 6.10 Å². The summed E-state index contributed by atoms with van der Waals surface area (Å²) >= 11 is 0. The highest BCUT2D eigenvalue weighted by Gasteiger charge is 2.34. The van der Waals surface area contributed by atoms with Gasteiger partial charge in [-0.25, -0.2) is 0 Å². The standard InChI is InChI=1S/C24H52OSi/c1-6-9-12-15-18-21-26(25-24(4)5,22-19-16-13-10-7-2)23-20-17-14-11-8-3/h24H,6-23H2,1-5H3. The maximum absolute atomic E-state index is 6.80. The summed E-state index contributed by atoms with van der Waals surface area (Å²) in [4.78, 5) is 0. The summed E-state index contributed by atoms with van der Waals surface area (Å²) in [5.41, 5.74) is 0. The summed E-state index contributed by atoms with van der Waals surface area (Å²) in [6.07, 6.45) is 21.5. The van der Waals surface area contributed by atoms with Crippen LogP contribution in [-0.4, -0.2) is 14.4 Å². The Hall–Kier alpha value is 0.177. The monoisotopic (exact) mass is 384 g/mol. The van der Waals surface area contributed by atoms with Crippen molar-refractivity contribution in [1.82, 2.24) is 0 Å². The van der Waals surface area contributed by atoms with Crippen LogP contribution in [-0.2, 0) is 4.43 Å². The molecule has 0 rings (SSSR count). The summed E-state index contributed by atoms with van der Waals surface area (Å²) in [6, 6.07) is 4.28. The molecule has 0 aromatic heterocycles. The second kappa shape index (κ2) is 18.5. The molecule has 2 heteroatoms. The van der Waals surface area contributed by atoms with Gasteiger partial charge in [0.05, 0.1) is 0 Å². The van der Waals surface area contributed by atoms with Gasteiger partial charge in [-0.2, -0.15) is 0 Å². The number of hydrogen-bond donors (Lipinski definition) is 0. The van der Waals surface area contributed by atoms with E-state index in [1.165, 1.54) is 114 Å². The molecule has 0 unspecified atom stereocenters. The van der Waals surface area contributed by atoms with Gasteiger partial charge in [0.15, 0.2) is 8.32 Å². The van der Waals surface area contributed by atoms with Crippen molar-refractivity contribution in [3.63, 3.8) is 0 Å². The molecule has 0 fully saturated rings. The molecule has 0 radical (unpaired) electrons. The fourth-order valence-corrected chi connectivity index (χ4v) is 8.99. The fraction of sp³-hybridized carbons (Fsp3) is 1.00. The molecule has 0 N–H and O–H groups in total. The zero-order valence-corrected chi connectivity index (χ0v) is 20.2. The molecule has 0 atom stereocenters. The summed E-state index contributed by atoms with van der Waals surface area (Å²) in [6.45, 7) is 11.5. The Morgan fingerprint density at radius 1 is 0.500 bits per heavy atom. The fourth-order valence-electron chi connectivity index (χ4n) is 4.20. The molecule has 0 saturated heterocycles. The van der Waals surface area contributed by atoms with Gasteiger partial charge in [0.1, 0.15) is 0 Å². The average Bonchev–Trinajstić information content (AvgIpc) is 2.60. The van der Waals surface area contributed by atoms with Gasteiger partial charge in [-0.3, -0.25) is 0 Å². The third-order valence-corrected chi connectivity index (χ3v) is 10.5. The minimum absolute atomic E-state index is 0.420. The van der Waals surface area contributed by atoms with Gasteiger partial charge < -0.3 is 4.43 Å². The molecule has 0 aliphatic carbocycles. The van der Waals surface area contributed by atoms with E-state index in [1.807, 2.05) is 0 Å². The predicted molar refractivity (Wildman–Crippen MR) is 123 cm³/mol. The Labute approximate surface area is 168 Å². The van der Waals surface area contributed by atoms with Crippen molar-refractivity contribution >= 4 is 8.32 Å². The second-order valence-corrected chi connectivity index (χ2v) is 12.9. The summed E-state index contributed by atoms with van der Waals surface area (Å²) < 4.78 is 6.80. The van der Waals surface area contributed by atoms with Crippen LogP contribution in [0.4, 0.5) is 0 Å². The van der Waals surface area contributed by atoms with Crippen LogP contribution in [0.25, 0.3) is 0 Å². The van der Waals surface area contributed by atoms with Crippen LogP contribution in [0, 0.1) is 0 Å². The molecule has 1 nitrogen and oxygen atoms in total. The van der Waals surface area contributed by atoms with E-state index < -0.39 is 8.32 Å². The van der Waals surface area contributed by atoms with Crippen molar-refractivity contribution in [3.8, 4) is 0 Å². The minimum atomic E-state index is -1.54. The maximum atomic E-state index is 6.80. The normalized spacial score (nSPS) is 12.2. The molecular weight excluding hydrogens is 332 g/mol.